The summed E-state index contributed by atoms with van der Waals surface area (Å²) in [4.78, 5) is 19.3. The molecule has 0 saturated carbocycles. The summed E-state index contributed by atoms with van der Waals surface area (Å²) in [5, 5.41) is 0. The fraction of sp³-hybridized carbons (Fsp3) is 0.336. The Morgan fingerprint density at radius 1 is 0.288 bits per heavy atom. The predicted octanol–water partition coefficient (Wildman–Crippen LogP) is 37.4. The maximum Gasteiger partial charge on any atom is 0.150 e. The van der Waals surface area contributed by atoms with E-state index in [2.05, 4.69) is 405 Å². The lowest BCUT2D eigenvalue weighted by Crippen LogP contribution is -2.29. The van der Waals surface area contributed by atoms with Crippen LogP contribution in [0.2, 0.25) is 0 Å². The highest BCUT2D eigenvalue weighted by Crippen LogP contribution is 2.59. The summed E-state index contributed by atoms with van der Waals surface area (Å²) in [5.41, 5.74) is 45.0. The van der Waals surface area contributed by atoms with Gasteiger partial charge in [-0.1, -0.05) is 348 Å². The third kappa shape index (κ3) is 21.3. The summed E-state index contributed by atoms with van der Waals surface area (Å²) >= 11 is 0. The van der Waals surface area contributed by atoms with Crippen molar-refractivity contribution in [2.45, 2.75) is 282 Å². The number of aldehydes is 1. The molecule has 0 N–H and O–H groups in total. The van der Waals surface area contributed by atoms with Gasteiger partial charge in [-0.2, -0.15) is 0 Å². The fourth-order valence-corrected chi connectivity index (χ4v) is 20.8. The van der Waals surface area contributed by atoms with Gasteiger partial charge in [-0.25, -0.2) is 0 Å². The molecule has 0 amide bonds. The zero-order valence-electron chi connectivity index (χ0n) is 82.9. The van der Waals surface area contributed by atoms with E-state index in [1.807, 2.05) is 19.1 Å². The number of hydrogen-bond acceptors (Lipinski definition) is 4. The molecule has 678 valence electrons. The number of carbonyl (C=O) groups excluding carboxylic acids is 1. The molecule has 4 heteroatoms. The Hall–Kier alpha value is -11.9. The van der Waals surface area contributed by atoms with E-state index in [0.29, 0.717) is 11.5 Å². The SMILES string of the molecule is CCCCCCc1cc(CCCCCC)cc(C2(c3cc(CCCCCC)cc(CCCCCC)c3)c3cc(C)ccc3-c3ccc(-c4ccc(N(c5ccc(-c6ccc(N(c7ccc(-c8ccc(N(c9ccc(-c%10cc(C)cc(C=O)c%10)cc9)c9c(C)cc(C(C)(C)C)cc9C)cc8)cc7)c7c(C)cc(C(C)(C)C)cc7C)cc6)cc5)c5ccc(C(C)CC)cc5)cc4)cc32)c1. The molecule has 0 saturated heterocycles. The van der Waals surface area contributed by atoms with Gasteiger partial charge in [-0.05, 0) is 364 Å². The van der Waals surface area contributed by atoms with Crippen LogP contribution in [0.25, 0.3) is 55.6 Å². The van der Waals surface area contributed by atoms with Gasteiger partial charge in [0.25, 0.3) is 0 Å². The minimum atomic E-state index is -0.547. The van der Waals surface area contributed by atoms with Crippen molar-refractivity contribution in [3.8, 4) is 55.6 Å². The Labute approximate surface area is 794 Å². The monoisotopic (exact) mass is 1740 g/mol. The lowest BCUT2D eigenvalue weighted by molar-refractivity contribution is 0.112. The van der Waals surface area contributed by atoms with E-state index in [9.17, 15) is 4.79 Å². The zero-order valence-corrected chi connectivity index (χ0v) is 82.9. The maximum atomic E-state index is 12.0. The van der Waals surface area contributed by atoms with Crippen LogP contribution in [-0.2, 0) is 41.9 Å². The Kier molecular flexibility index (Phi) is 30.4. The number of carbonyl (C=O) groups is 1. The first-order chi connectivity index (χ1) is 63.8. The Balaban J connectivity index is 0.767. The molecular weight excluding hydrogens is 1600 g/mol. The smallest absolute Gasteiger partial charge is 0.150 e. The van der Waals surface area contributed by atoms with Crippen LogP contribution in [0.5, 0.6) is 0 Å². The molecular formula is C128H145N3O. The van der Waals surface area contributed by atoms with Gasteiger partial charge in [0.15, 0.2) is 0 Å². The highest BCUT2D eigenvalue weighted by atomic mass is 16.1. The fourth-order valence-electron chi connectivity index (χ4n) is 20.8. The average Bonchev–Trinajstić information content (AvgIpc) is 1.53. The van der Waals surface area contributed by atoms with Gasteiger partial charge in [-0.3, -0.25) is 4.79 Å². The first kappa shape index (κ1) is 94.8. The summed E-state index contributed by atoms with van der Waals surface area (Å²) in [6.07, 6.45) is 26.4. The maximum absolute atomic E-state index is 12.0. The normalized spacial score (nSPS) is 12.6. The van der Waals surface area contributed by atoms with Crippen molar-refractivity contribution >= 4 is 57.5 Å². The van der Waals surface area contributed by atoms with E-state index in [-0.39, 0.29) is 10.8 Å². The second-order valence-electron chi connectivity index (χ2n) is 40.7. The number of aryl methyl sites for hydroxylation is 10. The van der Waals surface area contributed by atoms with Gasteiger partial charge in [0.05, 0.1) is 16.8 Å². The molecule has 0 radical (unpaired) electrons. The minimum Gasteiger partial charge on any atom is -0.311 e. The highest BCUT2D eigenvalue weighted by Gasteiger charge is 2.47. The molecule has 0 aromatic heterocycles. The summed E-state index contributed by atoms with van der Waals surface area (Å²) < 4.78 is 0. The standard InChI is InChI=1S/C128H145N3O/c1-19-24-28-32-36-95-79-96(37-33-29-25-20-2)83-111(82-95)128(112-84-97(38-34-30-26-21-3)80-98(85-112)39-35-31-27-22-4)122-74-88(6)40-70-120(122)121-71-55-107(86-123(121)128)105-51-60-115(61-52-105)129(113-56-41-100(42-57-113)90(8)23-5)114-58-43-101(44-59-114)102-45-62-116(63-46-102)130(124-91(9)75-109(76-92(124)10)126(13,14)15)117-64-47-103(48-65-117)104-49-66-118(67-50-104)131(125-93(11)77-110(78-94(125)12)127(16,17)18)119-68-53-106(54-69-119)108-73-89(7)72-99(81-108)87-132/h40-87,90H,19-39H2,1-18H3. The third-order valence-electron chi connectivity index (χ3n) is 28.4. The number of anilines is 9. The van der Waals surface area contributed by atoms with Crippen LogP contribution in [0.15, 0.2) is 285 Å². The van der Waals surface area contributed by atoms with E-state index in [4.69, 9.17) is 0 Å². The van der Waals surface area contributed by atoms with Crippen LogP contribution in [-0.4, -0.2) is 6.29 Å². The molecule has 0 aliphatic heterocycles. The second-order valence-corrected chi connectivity index (χ2v) is 40.7. The van der Waals surface area contributed by atoms with Gasteiger partial charge in [0.2, 0.25) is 0 Å². The van der Waals surface area contributed by atoms with E-state index < -0.39 is 5.41 Å². The molecule has 15 rings (SSSR count). The van der Waals surface area contributed by atoms with Crippen molar-refractivity contribution in [1.82, 2.24) is 0 Å². The lowest BCUT2D eigenvalue weighted by Gasteiger charge is -2.36. The number of hydrogen-bond donors (Lipinski definition) is 0. The number of rotatable bonds is 38. The van der Waals surface area contributed by atoms with Crippen LogP contribution < -0.4 is 14.7 Å². The molecule has 0 bridgehead atoms. The van der Waals surface area contributed by atoms with Gasteiger partial charge < -0.3 is 14.7 Å². The topological polar surface area (TPSA) is 26.8 Å². The van der Waals surface area contributed by atoms with E-state index in [1.165, 1.54) is 225 Å². The Bertz CT molecular complexity index is 6090. The second kappa shape index (κ2) is 42.4. The molecule has 0 spiro atoms. The molecule has 14 aromatic carbocycles. The molecule has 0 heterocycles. The van der Waals surface area contributed by atoms with Crippen molar-refractivity contribution in [2.75, 3.05) is 14.7 Å². The lowest BCUT2D eigenvalue weighted by atomic mass is 9.66. The summed E-state index contributed by atoms with van der Waals surface area (Å²) in [7, 11) is 0. The summed E-state index contributed by atoms with van der Waals surface area (Å²) in [5.74, 6) is 0.458. The van der Waals surface area contributed by atoms with Gasteiger partial charge in [0.1, 0.15) is 6.29 Å². The van der Waals surface area contributed by atoms with Crippen LogP contribution in [0, 0.1) is 41.5 Å². The average molecular weight is 1740 g/mol. The number of nitrogens with zero attached hydrogens (tertiary/aromatic N) is 3. The first-order valence-electron chi connectivity index (χ1n) is 50.2. The van der Waals surface area contributed by atoms with Crippen LogP contribution in [0.4, 0.5) is 51.2 Å². The minimum absolute atomic E-state index is 0.0000925. The molecule has 1 atom stereocenters. The van der Waals surface area contributed by atoms with Gasteiger partial charge in [-0.15, -0.1) is 0 Å². The molecule has 1 aliphatic carbocycles. The molecule has 1 aliphatic rings. The van der Waals surface area contributed by atoms with Crippen molar-refractivity contribution in [3.05, 3.63) is 385 Å². The molecule has 0 fully saturated rings. The predicted molar refractivity (Wildman–Crippen MR) is 571 cm³/mol. The van der Waals surface area contributed by atoms with Crippen molar-refractivity contribution in [2.24, 2.45) is 0 Å². The molecule has 14 aromatic rings. The van der Waals surface area contributed by atoms with Gasteiger partial charge in [0, 0.05) is 45.4 Å². The molecule has 1 unspecified atom stereocenters. The molecule has 132 heavy (non-hydrogen) atoms. The quantitative estimate of drug-likeness (QED) is 0.0285. The van der Waals surface area contributed by atoms with Crippen molar-refractivity contribution < 1.29 is 4.79 Å². The first-order valence-corrected chi connectivity index (χ1v) is 50.2. The highest BCUT2D eigenvalue weighted by molar-refractivity contribution is 5.91. The Morgan fingerprint density at radius 2 is 0.591 bits per heavy atom. The summed E-state index contributed by atoms with van der Waals surface area (Å²) in [6.45, 7) is 41.2. The van der Waals surface area contributed by atoms with E-state index >= 15 is 0 Å². The van der Waals surface area contributed by atoms with Crippen molar-refractivity contribution in [1.29, 1.82) is 0 Å². The van der Waals surface area contributed by atoms with Crippen LogP contribution in [0.1, 0.15) is 303 Å². The van der Waals surface area contributed by atoms with Crippen LogP contribution in [0.3, 0.4) is 0 Å². The summed E-state index contributed by atoms with van der Waals surface area (Å²) in [6, 6.07) is 111. The van der Waals surface area contributed by atoms with Crippen molar-refractivity contribution in [3.63, 3.8) is 0 Å². The zero-order chi connectivity index (χ0) is 93.0. The van der Waals surface area contributed by atoms with Gasteiger partial charge >= 0.3 is 0 Å². The Morgan fingerprint density at radius 3 is 0.917 bits per heavy atom. The molecule has 4 nitrogen and oxygen atoms in total. The van der Waals surface area contributed by atoms with E-state index in [1.54, 1.807) is 0 Å². The third-order valence-corrected chi connectivity index (χ3v) is 28.4. The largest absolute Gasteiger partial charge is 0.311 e. The number of fused-ring (bicyclic) bond motifs is 3. The number of unbranched alkanes of at least 4 members (excludes halogenated alkanes) is 12. The van der Waals surface area contributed by atoms with E-state index in [0.717, 1.165) is 117 Å². The number of benzene rings is 14. The van der Waals surface area contributed by atoms with Crippen LogP contribution >= 0.6 is 0 Å².